The average molecular weight is 127 g/mol. The lowest BCUT2D eigenvalue weighted by Crippen LogP contribution is -1.58. The van der Waals surface area contributed by atoms with Crippen LogP contribution in [0.25, 0.3) is 0 Å². The van der Waals surface area contributed by atoms with Crippen molar-refractivity contribution in [1.82, 2.24) is 0 Å². The van der Waals surface area contributed by atoms with Gasteiger partial charge < -0.3 is 0 Å². The van der Waals surface area contributed by atoms with Crippen molar-refractivity contribution in [1.29, 1.82) is 0 Å². The van der Waals surface area contributed by atoms with Crippen molar-refractivity contribution in [2.45, 2.75) is 0 Å². The molecule has 0 aromatic rings. The quantitative estimate of drug-likeness (QED) is 0.426. The zero-order valence-electron chi connectivity index (χ0n) is 4.03. The van der Waals surface area contributed by atoms with Gasteiger partial charge in [-0.1, -0.05) is 5.73 Å². The molecule has 0 amide bonds. The summed E-state index contributed by atoms with van der Waals surface area (Å²) in [7, 11) is -2.16. The highest BCUT2D eigenvalue weighted by atomic mass is 31.1. The molecular formula is C5H4O2P+. The molecule has 0 saturated heterocycles. The molecule has 0 spiro atoms. The Morgan fingerprint density at radius 1 is 1.75 bits per heavy atom. The minimum atomic E-state index is -2.16. The lowest BCUT2D eigenvalue weighted by atomic mass is 10.6. The largest absolute Gasteiger partial charge is 0.554 e. The van der Waals surface area contributed by atoms with Gasteiger partial charge in [-0.05, 0) is 16.7 Å². The summed E-state index contributed by atoms with van der Waals surface area (Å²) in [5, 5.41) is 0.375. The molecule has 0 aliphatic heterocycles. The van der Waals surface area contributed by atoms with E-state index in [9.17, 15) is 4.57 Å². The number of hydrogen-bond acceptors (Lipinski definition) is 1. The summed E-state index contributed by atoms with van der Waals surface area (Å²) in [6.07, 6.45) is 4.86. The fourth-order valence-corrected chi connectivity index (χ4v) is 0.838. The predicted molar refractivity (Wildman–Crippen MR) is 30.6 cm³/mol. The molecule has 1 aliphatic rings. The highest BCUT2D eigenvalue weighted by Gasteiger charge is 2.17. The van der Waals surface area contributed by atoms with E-state index in [0.29, 0.717) is 5.31 Å². The summed E-state index contributed by atoms with van der Waals surface area (Å²) in [4.78, 5) is 8.39. The van der Waals surface area contributed by atoms with Crippen LogP contribution in [0.5, 0.6) is 0 Å². The molecule has 8 heavy (non-hydrogen) atoms. The molecule has 40 valence electrons. The molecule has 0 fully saturated rings. The first-order valence-electron chi connectivity index (χ1n) is 2.10. The highest BCUT2D eigenvalue weighted by molar-refractivity contribution is 7.43. The van der Waals surface area contributed by atoms with Crippen LogP contribution >= 0.6 is 8.03 Å². The Hall–Kier alpha value is -0.680. The van der Waals surface area contributed by atoms with Gasteiger partial charge in [-0.25, -0.2) is 0 Å². The van der Waals surface area contributed by atoms with Crippen LogP contribution in [-0.2, 0) is 4.57 Å². The fourth-order valence-electron chi connectivity index (χ4n) is 0.440. The van der Waals surface area contributed by atoms with Crippen LogP contribution < -0.4 is 0 Å². The standard InChI is InChI=1S/C5H3O2P/c6-8(7)5-3-1-2-4-5/h1-3H/p+1. The summed E-state index contributed by atoms with van der Waals surface area (Å²) < 4.78 is 10.2. The van der Waals surface area contributed by atoms with Gasteiger partial charge in [0.15, 0.2) is 0 Å². The Balaban J connectivity index is 2.90. The second-order valence-corrected chi connectivity index (χ2v) is 2.36. The zero-order valence-corrected chi connectivity index (χ0v) is 4.93. The van der Waals surface area contributed by atoms with Crippen molar-refractivity contribution in [3.63, 3.8) is 0 Å². The van der Waals surface area contributed by atoms with Crippen molar-refractivity contribution >= 4 is 8.03 Å². The number of allylic oxidation sites excluding steroid dienone is 3. The lowest BCUT2D eigenvalue weighted by Gasteiger charge is -1.64. The third kappa shape index (κ3) is 0.932. The summed E-state index contributed by atoms with van der Waals surface area (Å²) in [6.45, 7) is 0. The second kappa shape index (κ2) is 2.06. The van der Waals surface area contributed by atoms with Crippen LogP contribution in [0.1, 0.15) is 0 Å². The topological polar surface area (TPSA) is 37.3 Å². The third-order valence-electron chi connectivity index (χ3n) is 0.788. The minimum Gasteiger partial charge on any atom is -0.156 e. The molecule has 0 saturated carbocycles. The number of rotatable bonds is 1. The molecule has 0 bridgehead atoms. The van der Waals surface area contributed by atoms with Crippen LogP contribution in [0.2, 0.25) is 0 Å². The lowest BCUT2D eigenvalue weighted by molar-refractivity contribution is 0.511. The monoisotopic (exact) mass is 127 g/mol. The minimum absolute atomic E-state index is 0.375. The van der Waals surface area contributed by atoms with E-state index in [1.54, 1.807) is 18.2 Å². The van der Waals surface area contributed by atoms with Gasteiger partial charge in [-0.3, -0.25) is 0 Å². The van der Waals surface area contributed by atoms with Gasteiger partial charge in [-0.15, -0.1) is 0 Å². The Bertz CT molecular complexity index is 208. The molecule has 0 aromatic carbocycles. The maximum atomic E-state index is 10.2. The summed E-state index contributed by atoms with van der Waals surface area (Å²) >= 11 is 0. The fraction of sp³-hybridized carbons (Fsp3) is 0. The van der Waals surface area contributed by atoms with Crippen molar-refractivity contribution in [2.75, 3.05) is 0 Å². The normalized spacial score (nSPS) is 16.6. The molecule has 2 nitrogen and oxygen atoms in total. The van der Waals surface area contributed by atoms with Crippen LogP contribution in [0.4, 0.5) is 0 Å². The molecule has 1 atom stereocenters. The van der Waals surface area contributed by atoms with Crippen molar-refractivity contribution < 1.29 is 9.46 Å². The van der Waals surface area contributed by atoms with Gasteiger partial charge in [0.1, 0.15) is 0 Å². The molecule has 1 unspecified atom stereocenters. The smallest absolute Gasteiger partial charge is 0.156 e. The van der Waals surface area contributed by atoms with E-state index in [2.05, 4.69) is 5.73 Å². The van der Waals surface area contributed by atoms with Crippen LogP contribution in [-0.4, -0.2) is 4.89 Å². The van der Waals surface area contributed by atoms with E-state index < -0.39 is 8.03 Å². The summed E-state index contributed by atoms with van der Waals surface area (Å²) in [5.41, 5.74) is 2.60. The Kier molecular flexibility index (Phi) is 1.40. The van der Waals surface area contributed by atoms with Crippen LogP contribution in [0.15, 0.2) is 29.3 Å². The van der Waals surface area contributed by atoms with Crippen LogP contribution in [0, 0.1) is 0 Å². The van der Waals surface area contributed by atoms with Gasteiger partial charge in [-0.2, -0.15) is 4.89 Å². The maximum Gasteiger partial charge on any atom is 0.554 e. The first kappa shape index (κ1) is 5.46. The van der Waals surface area contributed by atoms with Crippen molar-refractivity contribution in [2.24, 2.45) is 0 Å². The van der Waals surface area contributed by atoms with Gasteiger partial charge in [0.2, 0.25) is 0 Å². The van der Waals surface area contributed by atoms with Gasteiger partial charge in [0.25, 0.3) is 5.31 Å². The molecule has 1 N–H and O–H groups in total. The van der Waals surface area contributed by atoms with E-state index in [-0.39, 0.29) is 0 Å². The van der Waals surface area contributed by atoms with E-state index >= 15 is 0 Å². The molecule has 0 aromatic heterocycles. The molecule has 0 heterocycles. The Morgan fingerprint density at radius 3 is 2.75 bits per heavy atom. The number of hydrogen-bond donors (Lipinski definition) is 1. The Labute approximate surface area is 47.7 Å². The van der Waals surface area contributed by atoms with Crippen molar-refractivity contribution in [3.8, 4) is 0 Å². The van der Waals surface area contributed by atoms with E-state index in [1.807, 2.05) is 0 Å². The maximum absolute atomic E-state index is 10.2. The summed E-state index contributed by atoms with van der Waals surface area (Å²) in [6, 6.07) is 0. The summed E-state index contributed by atoms with van der Waals surface area (Å²) in [5.74, 6) is 0. The molecular weight excluding hydrogens is 123 g/mol. The zero-order chi connectivity index (χ0) is 5.98. The van der Waals surface area contributed by atoms with Gasteiger partial charge in [0.05, 0.1) is 0 Å². The highest BCUT2D eigenvalue weighted by Crippen LogP contribution is 2.28. The molecule has 1 aliphatic carbocycles. The van der Waals surface area contributed by atoms with Gasteiger partial charge in [0, 0.05) is 6.08 Å². The van der Waals surface area contributed by atoms with Gasteiger partial charge >= 0.3 is 8.03 Å². The third-order valence-corrected chi connectivity index (χ3v) is 1.48. The van der Waals surface area contributed by atoms with E-state index in [4.69, 9.17) is 4.89 Å². The Morgan fingerprint density at radius 2 is 2.50 bits per heavy atom. The van der Waals surface area contributed by atoms with E-state index in [1.165, 1.54) is 0 Å². The van der Waals surface area contributed by atoms with Crippen LogP contribution in [0.3, 0.4) is 0 Å². The first-order chi connectivity index (χ1) is 3.80. The molecule has 3 heteroatoms. The average Bonchev–Trinajstić information content (AvgIpc) is 2.12. The first-order valence-corrected chi connectivity index (χ1v) is 3.31. The van der Waals surface area contributed by atoms with E-state index in [0.717, 1.165) is 0 Å². The predicted octanol–water partition coefficient (Wildman–Crippen LogP) is 1.33. The molecule has 1 rings (SSSR count). The second-order valence-electron chi connectivity index (χ2n) is 1.33. The SMILES string of the molecule is O=[P+](O)C1=C=CC=C1. The molecule has 0 radical (unpaired) electrons. The van der Waals surface area contributed by atoms with Crippen molar-refractivity contribution in [3.05, 3.63) is 29.3 Å².